The summed E-state index contributed by atoms with van der Waals surface area (Å²) in [6.07, 6.45) is 0.688. The van der Waals surface area contributed by atoms with Crippen LogP contribution in [0.25, 0.3) is 0 Å². The minimum absolute atomic E-state index is 0.424. The molecule has 0 aliphatic carbocycles. The van der Waals surface area contributed by atoms with E-state index in [1.54, 1.807) is 13.8 Å². The Kier molecular flexibility index (Phi) is 4.69. The van der Waals surface area contributed by atoms with Crippen molar-refractivity contribution in [2.75, 3.05) is 13.1 Å². The van der Waals surface area contributed by atoms with Crippen LogP contribution in [0.15, 0.2) is 30.3 Å². The number of rotatable bonds is 6. The van der Waals surface area contributed by atoms with Crippen LogP contribution in [0.4, 0.5) is 0 Å². The van der Waals surface area contributed by atoms with E-state index in [-0.39, 0.29) is 0 Å². The normalized spacial score (nSPS) is 18.4. The molecular formula is C14H23NO2. The van der Waals surface area contributed by atoms with Gasteiger partial charge in [0.25, 0.3) is 0 Å². The predicted molar refractivity (Wildman–Crippen MR) is 69.8 cm³/mol. The lowest BCUT2D eigenvalue weighted by atomic mass is 9.95. The summed E-state index contributed by atoms with van der Waals surface area (Å²) in [6.45, 7) is 6.41. The monoisotopic (exact) mass is 237 g/mol. The highest BCUT2D eigenvalue weighted by molar-refractivity contribution is 5.21. The van der Waals surface area contributed by atoms with Crippen LogP contribution in [0.5, 0.6) is 0 Å². The maximum atomic E-state index is 10.3. The van der Waals surface area contributed by atoms with Gasteiger partial charge in [-0.3, -0.25) is 0 Å². The standard InChI is InChI=1S/C14H23NO2/c1-4-13(2,16)10-15-11-14(3,17)12-8-6-5-7-9-12/h5-9,15-17H,4,10-11H2,1-3H3. The average Bonchev–Trinajstić information content (AvgIpc) is 2.30. The fourth-order valence-corrected chi connectivity index (χ4v) is 1.60. The molecule has 96 valence electrons. The first-order valence-corrected chi connectivity index (χ1v) is 6.08. The van der Waals surface area contributed by atoms with Crippen LogP contribution in [0.3, 0.4) is 0 Å². The molecule has 1 aromatic rings. The van der Waals surface area contributed by atoms with Crippen molar-refractivity contribution in [1.29, 1.82) is 0 Å². The number of hydrogen-bond donors (Lipinski definition) is 3. The van der Waals surface area contributed by atoms with E-state index in [4.69, 9.17) is 0 Å². The third-order valence-electron chi connectivity index (χ3n) is 3.13. The Balaban J connectivity index is 2.51. The van der Waals surface area contributed by atoms with Crippen molar-refractivity contribution in [3.05, 3.63) is 35.9 Å². The summed E-state index contributed by atoms with van der Waals surface area (Å²) in [7, 11) is 0. The summed E-state index contributed by atoms with van der Waals surface area (Å²) in [5.74, 6) is 0. The number of hydrogen-bond acceptors (Lipinski definition) is 3. The van der Waals surface area contributed by atoms with Gasteiger partial charge in [-0.2, -0.15) is 0 Å². The van der Waals surface area contributed by atoms with Crippen LogP contribution in [-0.2, 0) is 5.60 Å². The minimum Gasteiger partial charge on any atom is -0.389 e. The highest BCUT2D eigenvalue weighted by Gasteiger charge is 2.24. The molecule has 0 bridgehead atoms. The molecule has 0 aliphatic rings. The second-order valence-electron chi connectivity index (χ2n) is 5.09. The predicted octanol–water partition coefficient (Wildman–Crippen LogP) is 1.64. The Labute approximate surface area is 103 Å². The molecule has 0 saturated carbocycles. The van der Waals surface area contributed by atoms with Crippen molar-refractivity contribution in [3.8, 4) is 0 Å². The van der Waals surface area contributed by atoms with Crippen molar-refractivity contribution >= 4 is 0 Å². The molecule has 2 unspecified atom stereocenters. The van der Waals surface area contributed by atoms with Crippen LogP contribution in [-0.4, -0.2) is 28.9 Å². The van der Waals surface area contributed by atoms with Crippen LogP contribution in [0.2, 0.25) is 0 Å². The third-order valence-corrected chi connectivity index (χ3v) is 3.13. The maximum absolute atomic E-state index is 10.3. The smallest absolute Gasteiger partial charge is 0.0992 e. The molecule has 0 radical (unpaired) electrons. The quantitative estimate of drug-likeness (QED) is 0.705. The van der Waals surface area contributed by atoms with E-state index in [9.17, 15) is 10.2 Å². The van der Waals surface area contributed by atoms with Crippen LogP contribution >= 0.6 is 0 Å². The molecule has 0 amide bonds. The second kappa shape index (κ2) is 5.63. The van der Waals surface area contributed by atoms with Crippen molar-refractivity contribution in [1.82, 2.24) is 5.32 Å². The zero-order chi connectivity index (χ0) is 12.9. The fourth-order valence-electron chi connectivity index (χ4n) is 1.60. The van der Waals surface area contributed by atoms with Gasteiger partial charge >= 0.3 is 0 Å². The van der Waals surface area contributed by atoms with Gasteiger partial charge in [-0.05, 0) is 25.8 Å². The molecule has 0 aromatic heterocycles. The summed E-state index contributed by atoms with van der Waals surface area (Å²) in [5, 5.41) is 23.3. The van der Waals surface area contributed by atoms with E-state index in [1.807, 2.05) is 37.3 Å². The summed E-state index contributed by atoms with van der Waals surface area (Å²) < 4.78 is 0. The van der Waals surface area contributed by atoms with Crippen molar-refractivity contribution in [2.24, 2.45) is 0 Å². The number of aliphatic hydroxyl groups is 2. The summed E-state index contributed by atoms with van der Waals surface area (Å²) in [4.78, 5) is 0. The van der Waals surface area contributed by atoms with Gasteiger partial charge in [-0.1, -0.05) is 37.3 Å². The Morgan fingerprint density at radius 2 is 1.65 bits per heavy atom. The van der Waals surface area contributed by atoms with Gasteiger partial charge < -0.3 is 15.5 Å². The van der Waals surface area contributed by atoms with Crippen molar-refractivity contribution in [3.63, 3.8) is 0 Å². The van der Waals surface area contributed by atoms with E-state index < -0.39 is 11.2 Å². The van der Waals surface area contributed by atoms with Crippen LogP contribution in [0.1, 0.15) is 32.8 Å². The van der Waals surface area contributed by atoms with Crippen molar-refractivity contribution < 1.29 is 10.2 Å². The molecule has 0 aliphatic heterocycles. The molecule has 0 heterocycles. The highest BCUT2D eigenvalue weighted by Crippen LogP contribution is 2.19. The molecule has 3 nitrogen and oxygen atoms in total. The average molecular weight is 237 g/mol. The first kappa shape index (κ1) is 14.2. The van der Waals surface area contributed by atoms with Gasteiger partial charge in [0.15, 0.2) is 0 Å². The van der Waals surface area contributed by atoms with Crippen LogP contribution in [0, 0.1) is 0 Å². The second-order valence-corrected chi connectivity index (χ2v) is 5.09. The van der Waals surface area contributed by atoms with Gasteiger partial charge in [0.05, 0.1) is 11.2 Å². The van der Waals surface area contributed by atoms with E-state index in [0.29, 0.717) is 19.5 Å². The first-order chi connectivity index (χ1) is 7.87. The summed E-state index contributed by atoms with van der Waals surface area (Å²) in [6, 6.07) is 9.55. The molecule has 1 rings (SSSR count). The lowest BCUT2D eigenvalue weighted by Crippen LogP contribution is -2.43. The van der Waals surface area contributed by atoms with Crippen LogP contribution < -0.4 is 5.32 Å². The largest absolute Gasteiger partial charge is 0.389 e. The Hall–Kier alpha value is -0.900. The van der Waals surface area contributed by atoms with Gasteiger partial charge in [0, 0.05) is 13.1 Å². The molecule has 2 atom stereocenters. The van der Waals surface area contributed by atoms with Gasteiger partial charge in [0.1, 0.15) is 0 Å². The zero-order valence-electron chi connectivity index (χ0n) is 10.9. The van der Waals surface area contributed by atoms with Crippen molar-refractivity contribution in [2.45, 2.75) is 38.4 Å². The third kappa shape index (κ3) is 4.46. The Morgan fingerprint density at radius 1 is 1.06 bits per heavy atom. The molecule has 0 saturated heterocycles. The van der Waals surface area contributed by atoms with E-state index in [2.05, 4.69) is 5.32 Å². The molecule has 0 fully saturated rings. The van der Waals surface area contributed by atoms with E-state index >= 15 is 0 Å². The molecular weight excluding hydrogens is 214 g/mol. The minimum atomic E-state index is -0.912. The molecule has 3 heteroatoms. The highest BCUT2D eigenvalue weighted by atomic mass is 16.3. The van der Waals surface area contributed by atoms with E-state index in [1.165, 1.54) is 0 Å². The molecule has 17 heavy (non-hydrogen) atoms. The summed E-state index contributed by atoms with van der Waals surface area (Å²) in [5.41, 5.74) is -0.749. The van der Waals surface area contributed by atoms with E-state index in [0.717, 1.165) is 5.56 Å². The SMILES string of the molecule is CCC(C)(O)CNCC(C)(O)c1ccccc1. The van der Waals surface area contributed by atoms with Gasteiger partial charge in [-0.25, -0.2) is 0 Å². The lowest BCUT2D eigenvalue weighted by molar-refractivity contribution is 0.0301. The summed E-state index contributed by atoms with van der Waals surface area (Å²) >= 11 is 0. The number of nitrogens with one attached hydrogen (secondary N) is 1. The Bertz CT molecular complexity index is 333. The molecule has 3 N–H and O–H groups in total. The van der Waals surface area contributed by atoms with Gasteiger partial charge in [0.2, 0.25) is 0 Å². The maximum Gasteiger partial charge on any atom is 0.0992 e. The molecule has 1 aromatic carbocycles. The fraction of sp³-hybridized carbons (Fsp3) is 0.571. The topological polar surface area (TPSA) is 52.5 Å². The van der Waals surface area contributed by atoms with Gasteiger partial charge in [-0.15, -0.1) is 0 Å². The Morgan fingerprint density at radius 3 is 2.18 bits per heavy atom. The zero-order valence-corrected chi connectivity index (χ0v) is 10.9. The lowest BCUT2D eigenvalue weighted by Gasteiger charge is -2.27. The number of benzene rings is 1. The first-order valence-electron chi connectivity index (χ1n) is 6.08. The molecule has 0 spiro atoms.